The molecule has 2 aromatic rings. The smallest absolute Gasteiger partial charge is 0.127 e. The lowest BCUT2D eigenvalue weighted by Crippen LogP contribution is -2.51. The quantitative estimate of drug-likeness (QED) is 0.352. The third-order valence-electron chi connectivity index (χ3n) is 13.6. The Labute approximate surface area is 270 Å². The van der Waals surface area contributed by atoms with Crippen LogP contribution in [0, 0.1) is 35.0 Å². The van der Waals surface area contributed by atoms with E-state index in [1.165, 1.54) is 37.7 Å². The van der Waals surface area contributed by atoms with Gasteiger partial charge in [-0.15, -0.1) is 0 Å². The summed E-state index contributed by atoms with van der Waals surface area (Å²) in [6.07, 6.45) is 13.0. The number of hydrogen-bond acceptors (Lipinski definition) is 4. The first-order valence-corrected chi connectivity index (χ1v) is 18.0. The molecule has 4 heteroatoms. The van der Waals surface area contributed by atoms with Crippen LogP contribution in [-0.2, 0) is 11.3 Å². The van der Waals surface area contributed by atoms with Gasteiger partial charge in [0.2, 0.25) is 0 Å². The highest BCUT2D eigenvalue weighted by Gasteiger charge is 2.59. The third-order valence-corrected chi connectivity index (χ3v) is 13.6. The fourth-order valence-corrected chi connectivity index (χ4v) is 11.3. The third kappa shape index (κ3) is 5.15. The van der Waals surface area contributed by atoms with Crippen LogP contribution in [-0.4, -0.2) is 40.4 Å². The number of aliphatic hydroxyl groups is 1. The Morgan fingerprint density at radius 3 is 2.56 bits per heavy atom. The van der Waals surface area contributed by atoms with Gasteiger partial charge in [0.1, 0.15) is 11.5 Å². The van der Waals surface area contributed by atoms with Gasteiger partial charge in [-0.25, -0.2) is 0 Å². The molecule has 240 valence electrons. The van der Waals surface area contributed by atoms with Gasteiger partial charge in [0.15, 0.2) is 0 Å². The van der Waals surface area contributed by atoms with E-state index in [-0.39, 0.29) is 17.1 Å². The number of ether oxygens (including phenoxy) is 2. The van der Waals surface area contributed by atoms with Crippen molar-refractivity contribution in [3.05, 3.63) is 83.0 Å². The van der Waals surface area contributed by atoms with E-state index < -0.39 is 0 Å². The lowest BCUT2D eigenvalue weighted by Gasteiger charge is -2.49. The Hall–Kier alpha value is -2.40. The summed E-state index contributed by atoms with van der Waals surface area (Å²) in [6.45, 7) is 12.1. The molecule has 2 aliphatic heterocycles. The summed E-state index contributed by atoms with van der Waals surface area (Å²) in [5, 5.41) is 10.4. The van der Waals surface area contributed by atoms with Gasteiger partial charge in [-0.05, 0) is 124 Å². The van der Waals surface area contributed by atoms with Crippen molar-refractivity contribution in [3.8, 4) is 11.5 Å². The first-order chi connectivity index (χ1) is 21.7. The lowest BCUT2D eigenvalue weighted by molar-refractivity contribution is -0.0798. The van der Waals surface area contributed by atoms with Crippen molar-refractivity contribution < 1.29 is 14.6 Å². The van der Waals surface area contributed by atoms with Gasteiger partial charge < -0.3 is 14.6 Å². The SMILES string of the molecule is CC1=C2C[C@H]3C(CC=C4C[C@@H](O)CC[C@@]43C)[C@@H]2CC[C@@]2(C1)O[C@@H]1C[C@H](C)CN(Cc3ccc(Oc4ccccc4)cc3)[C@H]1[C@H]2C. The summed E-state index contributed by atoms with van der Waals surface area (Å²) in [4.78, 5) is 2.77. The molecule has 10 atom stereocenters. The maximum atomic E-state index is 10.4. The molecule has 45 heavy (non-hydrogen) atoms. The van der Waals surface area contributed by atoms with Crippen LogP contribution in [0.2, 0.25) is 0 Å². The minimum absolute atomic E-state index is 0.0452. The first-order valence-electron chi connectivity index (χ1n) is 18.0. The van der Waals surface area contributed by atoms with Crippen molar-refractivity contribution in [1.29, 1.82) is 0 Å². The molecule has 2 saturated carbocycles. The molecule has 0 aromatic heterocycles. The predicted octanol–water partition coefficient (Wildman–Crippen LogP) is 9.10. The van der Waals surface area contributed by atoms with Gasteiger partial charge >= 0.3 is 0 Å². The van der Waals surface area contributed by atoms with Crippen LogP contribution in [0.3, 0.4) is 0 Å². The van der Waals surface area contributed by atoms with Crippen molar-refractivity contribution in [1.82, 2.24) is 4.90 Å². The van der Waals surface area contributed by atoms with Crippen molar-refractivity contribution in [2.24, 2.45) is 35.0 Å². The molecule has 6 aliphatic rings. The molecule has 2 aromatic carbocycles. The van der Waals surface area contributed by atoms with Crippen LogP contribution in [0.4, 0.5) is 0 Å². The monoisotopic (exact) mass is 607 g/mol. The van der Waals surface area contributed by atoms with E-state index in [4.69, 9.17) is 9.47 Å². The minimum atomic E-state index is -0.131. The molecule has 4 aliphatic carbocycles. The van der Waals surface area contributed by atoms with Crippen molar-refractivity contribution in [3.63, 3.8) is 0 Å². The topological polar surface area (TPSA) is 41.9 Å². The molecule has 4 nitrogen and oxygen atoms in total. The van der Waals surface area contributed by atoms with Crippen LogP contribution in [0.25, 0.3) is 0 Å². The number of nitrogens with zero attached hydrogens (tertiary/aromatic N) is 1. The Bertz CT molecular complexity index is 1460. The van der Waals surface area contributed by atoms with Crippen molar-refractivity contribution >= 4 is 0 Å². The van der Waals surface area contributed by atoms with E-state index in [0.717, 1.165) is 62.1 Å². The van der Waals surface area contributed by atoms with E-state index in [1.54, 1.807) is 16.7 Å². The number of para-hydroxylation sites is 1. The van der Waals surface area contributed by atoms with E-state index in [1.807, 2.05) is 30.3 Å². The highest BCUT2D eigenvalue weighted by molar-refractivity contribution is 5.35. The van der Waals surface area contributed by atoms with E-state index >= 15 is 0 Å². The zero-order chi connectivity index (χ0) is 30.9. The zero-order valence-corrected chi connectivity index (χ0v) is 27.9. The Balaban J connectivity index is 1.000. The van der Waals surface area contributed by atoms with Gasteiger partial charge in [0, 0.05) is 25.0 Å². The molecule has 0 radical (unpaired) electrons. The minimum Gasteiger partial charge on any atom is -0.457 e. The second-order valence-electron chi connectivity index (χ2n) is 16.2. The normalized spacial score (nSPS) is 41.1. The largest absolute Gasteiger partial charge is 0.457 e. The maximum absolute atomic E-state index is 10.4. The molecular weight excluding hydrogens is 554 g/mol. The van der Waals surface area contributed by atoms with Crippen LogP contribution >= 0.6 is 0 Å². The van der Waals surface area contributed by atoms with E-state index in [9.17, 15) is 5.11 Å². The molecule has 0 amide bonds. The Morgan fingerprint density at radius 2 is 1.76 bits per heavy atom. The molecule has 2 heterocycles. The second-order valence-corrected chi connectivity index (χ2v) is 16.2. The maximum Gasteiger partial charge on any atom is 0.127 e. The summed E-state index contributed by atoms with van der Waals surface area (Å²) in [5.41, 5.74) is 6.59. The first kappa shape index (κ1) is 30.0. The summed E-state index contributed by atoms with van der Waals surface area (Å²) in [6, 6.07) is 19.2. The zero-order valence-electron chi connectivity index (χ0n) is 27.9. The molecule has 1 N–H and O–H groups in total. The number of hydrogen-bond donors (Lipinski definition) is 1. The van der Waals surface area contributed by atoms with Gasteiger partial charge in [-0.3, -0.25) is 4.90 Å². The lowest BCUT2D eigenvalue weighted by atomic mass is 9.56. The number of benzene rings is 2. The van der Waals surface area contributed by atoms with Crippen LogP contribution in [0.15, 0.2) is 77.4 Å². The van der Waals surface area contributed by atoms with Gasteiger partial charge in [0.05, 0.1) is 17.8 Å². The molecule has 4 fully saturated rings. The number of piperidine rings is 1. The van der Waals surface area contributed by atoms with Crippen LogP contribution in [0.5, 0.6) is 11.5 Å². The van der Waals surface area contributed by atoms with Crippen LogP contribution in [0.1, 0.15) is 91.0 Å². The molecule has 1 spiro atoms. The number of aliphatic hydroxyl groups excluding tert-OH is 1. The highest BCUT2D eigenvalue weighted by Crippen LogP contribution is 2.64. The van der Waals surface area contributed by atoms with Gasteiger partial charge in [-0.2, -0.15) is 0 Å². The summed E-state index contributed by atoms with van der Waals surface area (Å²) in [5.74, 6) is 5.13. The number of allylic oxidation sites excluding steroid dienone is 2. The fraction of sp³-hybridized carbons (Fsp3) is 0.610. The predicted molar refractivity (Wildman–Crippen MR) is 180 cm³/mol. The summed E-state index contributed by atoms with van der Waals surface area (Å²) in [7, 11) is 0. The second kappa shape index (κ2) is 11.4. The fourth-order valence-electron chi connectivity index (χ4n) is 11.3. The molecular formula is C41H53NO3. The summed E-state index contributed by atoms with van der Waals surface area (Å²) < 4.78 is 13.4. The average molecular weight is 608 g/mol. The molecule has 2 saturated heterocycles. The average Bonchev–Trinajstić information content (AvgIpc) is 3.49. The van der Waals surface area contributed by atoms with Crippen LogP contribution < -0.4 is 4.74 Å². The molecule has 8 rings (SSSR count). The number of rotatable bonds is 4. The standard InChI is InChI=1S/C41H53NO3/c1-26-20-38-39(42(24-26)25-29-10-13-33(14-11-29)44-32-8-6-5-7-9-32)28(3)41(45-38)19-17-34-35-15-12-30-21-31(43)16-18-40(30,4)37(35)22-36(34)27(2)23-41/h5-14,26,28,31,34-35,37-39,43H,15-25H2,1-4H3/t26-,28+,31-,34-,35?,37-,38+,39-,40-,41-/m0/s1. The Morgan fingerprint density at radius 1 is 0.978 bits per heavy atom. The van der Waals surface area contributed by atoms with Crippen molar-refractivity contribution in [2.75, 3.05) is 6.54 Å². The van der Waals surface area contributed by atoms with Gasteiger partial charge in [-0.1, -0.05) is 73.9 Å². The number of likely N-dealkylation sites (tertiary alicyclic amines) is 1. The molecule has 0 bridgehead atoms. The number of fused-ring (bicyclic) bond motifs is 6. The van der Waals surface area contributed by atoms with E-state index in [2.05, 4.69) is 62.9 Å². The summed E-state index contributed by atoms with van der Waals surface area (Å²) >= 11 is 0. The van der Waals surface area contributed by atoms with E-state index in [0.29, 0.717) is 29.9 Å². The van der Waals surface area contributed by atoms with Crippen molar-refractivity contribution in [2.45, 2.75) is 116 Å². The highest BCUT2D eigenvalue weighted by atomic mass is 16.5. The molecule has 1 unspecified atom stereocenters. The Kier molecular flexibility index (Phi) is 7.58. The van der Waals surface area contributed by atoms with Gasteiger partial charge in [0.25, 0.3) is 0 Å².